The third-order valence-electron chi connectivity index (χ3n) is 6.28. The van der Waals surface area contributed by atoms with Gasteiger partial charge in [0.1, 0.15) is 23.3 Å². The maximum Gasteiger partial charge on any atom is 0.258 e. The SMILES string of the molecule is COc1c(C#N)ccc(C2(F)CCC2)c1C(=O)N1Cc2cn(-c3ccc(F)cc3)nc2C1. The molecule has 8 heteroatoms. The first-order chi connectivity index (χ1) is 15.4. The third-order valence-corrected chi connectivity index (χ3v) is 6.28. The molecule has 5 rings (SSSR count). The van der Waals surface area contributed by atoms with Gasteiger partial charge in [-0.1, -0.05) is 6.07 Å². The number of alkyl halides is 1. The number of halogens is 2. The van der Waals surface area contributed by atoms with Gasteiger partial charge in [0.05, 0.1) is 36.2 Å². The Hall–Kier alpha value is -3.73. The van der Waals surface area contributed by atoms with E-state index in [-0.39, 0.29) is 40.7 Å². The van der Waals surface area contributed by atoms with Gasteiger partial charge >= 0.3 is 0 Å². The zero-order valence-electron chi connectivity index (χ0n) is 17.4. The van der Waals surface area contributed by atoms with Gasteiger partial charge in [-0.05, 0) is 49.6 Å². The largest absolute Gasteiger partial charge is 0.495 e. The van der Waals surface area contributed by atoms with Crippen LogP contribution in [0.3, 0.4) is 0 Å². The lowest BCUT2D eigenvalue weighted by atomic mass is 9.74. The second-order valence-electron chi connectivity index (χ2n) is 8.18. The van der Waals surface area contributed by atoms with Crippen molar-refractivity contribution in [1.82, 2.24) is 14.7 Å². The van der Waals surface area contributed by atoms with Crippen molar-refractivity contribution in [3.8, 4) is 17.5 Å². The Morgan fingerprint density at radius 1 is 1.19 bits per heavy atom. The number of aromatic nitrogens is 2. The lowest BCUT2D eigenvalue weighted by Crippen LogP contribution is -2.34. The Morgan fingerprint density at radius 2 is 1.94 bits per heavy atom. The standard InChI is InChI=1S/C24H20F2N4O2/c1-32-22-15(11-27)3-8-19(24(26)9-2-10-24)21(22)23(31)29-12-16-13-30(28-20(16)14-29)18-6-4-17(25)5-7-18/h3-8,13H,2,9-10,12,14H2,1H3. The van der Waals surface area contributed by atoms with Crippen molar-refractivity contribution in [2.75, 3.05) is 7.11 Å². The second kappa shape index (κ2) is 7.45. The number of hydrogen-bond donors (Lipinski definition) is 0. The molecule has 0 saturated heterocycles. The number of nitrogens with zero attached hydrogens (tertiary/aromatic N) is 4. The summed E-state index contributed by atoms with van der Waals surface area (Å²) in [5, 5.41) is 14.0. The quantitative estimate of drug-likeness (QED) is 0.610. The van der Waals surface area contributed by atoms with Crippen LogP contribution in [-0.2, 0) is 18.8 Å². The van der Waals surface area contributed by atoms with E-state index in [2.05, 4.69) is 5.10 Å². The van der Waals surface area contributed by atoms with E-state index in [1.54, 1.807) is 21.7 Å². The number of carbonyl (C=O) groups excluding carboxylic acids is 1. The van der Waals surface area contributed by atoms with Crippen molar-refractivity contribution in [1.29, 1.82) is 5.26 Å². The number of carbonyl (C=O) groups is 1. The lowest BCUT2D eigenvalue weighted by molar-refractivity contribution is 0.0553. The summed E-state index contributed by atoms with van der Waals surface area (Å²) in [5.74, 6) is -0.601. The van der Waals surface area contributed by atoms with Crippen molar-refractivity contribution < 1.29 is 18.3 Å². The second-order valence-corrected chi connectivity index (χ2v) is 8.18. The first-order valence-corrected chi connectivity index (χ1v) is 10.4. The predicted octanol–water partition coefficient (Wildman–Crippen LogP) is 4.40. The Morgan fingerprint density at radius 3 is 2.53 bits per heavy atom. The molecule has 1 aromatic heterocycles. The van der Waals surface area contributed by atoms with Gasteiger partial charge < -0.3 is 9.64 Å². The van der Waals surface area contributed by atoms with Crippen LogP contribution in [0.4, 0.5) is 8.78 Å². The number of ether oxygens (including phenoxy) is 1. The fourth-order valence-corrected chi connectivity index (χ4v) is 4.41. The minimum absolute atomic E-state index is 0.111. The Bertz CT molecular complexity index is 1230. The number of benzene rings is 2. The summed E-state index contributed by atoms with van der Waals surface area (Å²) < 4.78 is 35.7. The smallest absolute Gasteiger partial charge is 0.258 e. The van der Waals surface area contributed by atoms with E-state index in [0.717, 1.165) is 17.7 Å². The average molecular weight is 434 g/mol. The first kappa shape index (κ1) is 20.2. The molecule has 0 atom stereocenters. The summed E-state index contributed by atoms with van der Waals surface area (Å²) in [5.41, 5.74) is 1.31. The van der Waals surface area contributed by atoms with Crippen molar-refractivity contribution in [2.24, 2.45) is 0 Å². The molecule has 1 amide bonds. The number of rotatable bonds is 4. The van der Waals surface area contributed by atoms with Gasteiger partial charge in [-0.15, -0.1) is 0 Å². The number of hydrogen-bond acceptors (Lipinski definition) is 4. The zero-order chi connectivity index (χ0) is 22.5. The Kier molecular flexibility index (Phi) is 4.70. The molecular formula is C24H20F2N4O2. The van der Waals surface area contributed by atoms with Crippen LogP contribution in [0.2, 0.25) is 0 Å². The van der Waals surface area contributed by atoms with Crippen LogP contribution < -0.4 is 4.74 Å². The molecule has 1 aliphatic carbocycles. The molecule has 0 bridgehead atoms. The molecule has 2 aliphatic rings. The van der Waals surface area contributed by atoms with Gasteiger partial charge in [0.25, 0.3) is 5.91 Å². The summed E-state index contributed by atoms with van der Waals surface area (Å²) in [6.07, 6.45) is 3.24. The molecule has 1 fully saturated rings. The number of fused-ring (bicyclic) bond motifs is 1. The molecule has 0 radical (unpaired) electrons. The van der Waals surface area contributed by atoms with E-state index in [0.29, 0.717) is 25.1 Å². The first-order valence-electron chi connectivity index (χ1n) is 10.4. The van der Waals surface area contributed by atoms with E-state index in [1.807, 2.05) is 12.3 Å². The maximum atomic E-state index is 15.4. The van der Waals surface area contributed by atoms with Gasteiger partial charge in [-0.2, -0.15) is 10.4 Å². The highest BCUT2D eigenvalue weighted by atomic mass is 19.1. The van der Waals surface area contributed by atoms with E-state index in [9.17, 15) is 14.4 Å². The summed E-state index contributed by atoms with van der Waals surface area (Å²) in [7, 11) is 1.38. The molecular weight excluding hydrogens is 414 g/mol. The fourth-order valence-electron chi connectivity index (χ4n) is 4.41. The highest BCUT2D eigenvalue weighted by Gasteiger charge is 2.44. The summed E-state index contributed by atoms with van der Waals surface area (Å²) in [6, 6.07) is 11.1. The molecule has 6 nitrogen and oxygen atoms in total. The Labute approximate surface area is 183 Å². The van der Waals surface area contributed by atoms with Crippen molar-refractivity contribution in [3.63, 3.8) is 0 Å². The number of amides is 1. The zero-order valence-corrected chi connectivity index (χ0v) is 17.4. The highest BCUT2D eigenvalue weighted by Crippen LogP contribution is 2.48. The molecule has 0 spiro atoms. The maximum absolute atomic E-state index is 15.4. The monoisotopic (exact) mass is 434 g/mol. The summed E-state index contributed by atoms with van der Waals surface area (Å²) in [6.45, 7) is 0.551. The highest BCUT2D eigenvalue weighted by molar-refractivity contribution is 6.00. The van der Waals surface area contributed by atoms with Crippen LogP contribution in [-0.4, -0.2) is 27.7 Å². The predicted molar refractivity (Wildman–Crippen MR) is 111 cm³/mol. The van der Waals surface area contributed by atoms with Gasteiger partial charge in [0.15, 0.2) is 0 Å². The van der Waals surface area contributed by atoms with E-state index < -0.39 is 5.67 Å². The molecule has 3 aromatic rings. The van der Waals surface area contributed by atoms with Gasteiger partial charge in [0.2, 0.25) is 0 Å². The van der Waals surface area contributed by atoms with Crippen LogP contribution >= 0.6 is 0 Å². The van der Waals surface area contributed by atoms with E-state index >= 15 is 4.39 Å². The normalized spacial score (nSPS) is 16.2. The number of nitriles is 1. The van der Waals surface area contributed by atoms with Crippen molar-refractivity contribution in [2.45, 2.75) is 38.0 Å². The van der Waals surface area contributed by atoms with Crippen molar-refractivity contribution >= 4 is 5.91 Å². The van der Waals surface area contributed by atoms with Crippen molar-refractivity contribution in [3.05, 3.63) is 76.4 Å². The van der Waals surface area contributed by atoms with Crippen LogP contribution in [0.15, 0.2) is 42.6 Å². The number of methoxy groups -OCH3 is 1. The summed E-state index contributed by atoms with van der Waals surface area (Å²) in [4.78, 5) is 15.1. The topological polar surface area (TPSA) is 71.2 Å². The molecule has 1 aliphatic heterocycles. The van der Waals surface area contributed by atoms with Gasteiger partial charge in [0, 0.05) is 23.9 Å². The molecule has 32 heavy (non-hydrogen) atoms. The van der Waals surface area contributed by atoms with Gasteiger partial charge in [-0.25, -0.2) is 13.5 Å². The third kappa shape index (κ3) is 3.12. The molecule has 2 aromatic carbocycles. The van der Waals surface area contributed by atoms with Gasteiger partial charge in [-0.3, -0.25) is 4.79 Å². The lowest BCUT2D eigenvalue weighted by Gasteiger charge is -2.36. The van der Waals surface area contributed by atoms with Crippen LogP contribution in [0.5, 0.6) is 5.75 Å². The average Bonchev–Trinajstić information content (AvgIpc) is 3.36. The molecule has 1 saturated carbocycles. The minimum Gasteiger partial charge on any atom is -0.495 e. The Balaban J connectivity index is 1.47. The van der Waals surface area contributed by atoms with Crippen LogP contribution in [0.1, 0.15) is 52.0 Å². The molecule has 2 heterocycles. The van der Waals surface area contributed by atoms with E-state index in [4.69, 9.17) is 4.74 Å². The minimum atomic E-state index is -1.59. The van der Waals surface area contributed by atoms with Crippen LogP contribution in [0.25, 0.3) is 5.69 Å². The fraction of sp³-hybridized carbons (Fsp3) is 0.292. The summed E-state index contributed by atoms with van der Waals surface area (Å²) >= 11 is 0. The molecule has 0 N–H and O–H groups in total. The molecule has 162 valence electrons. The van der Waals surface area contributed by atoms with E-state index in [1.165, 1.54) is 31.4 Å². The molecule has 0 unspecified atom stereocenters. The van der Waals surface area contributed by atoms with Crippen LogP contribution in [0, 0.1) is 17.1 Å².